The molecule has 0 amide bonds. The Morgan fingerprint density at radius 3 is 2.64 bits per heavy atom. The van der Waals surface area contributed by atoms with Gasteiger partial charge in [0.05, 0.1) is 11.0 Å². The van der Waals surface area contributed by atoms with Gasteiger partial charge in [-0.15, -0.1) is 4.83 Å². The minimum atomic E-state index is -3.70. The Morgan fingerprint density at radius 2 is 1.96 bits per heavy atom. The second-order valence-electron chi connectivity index (χ2n) is 6.20. The van der Waals surface area contributed by atoms with E-state index in [0.717, 1.165) is 5.56 Å². The molecule has 0 atom stereocenters. The molecule has 9 heteroatoms. The van der Waals surface area contributed by atoms with Crippen LogP contribution in [0, 0.1) is 18.3 Å². The van der Waals surface area contributed by atoms with Crippen LogP contribution in [-0.2, 0) is 23.1 Å². The molecule has 0 aliphatic rings. The van der Waals surface area contributed by atoms with Crippen LogP contribution in [0.4, 0.5) is 0 Å². The summed E-state index contributed by atoms with van der Waals surface area (Å²) >= 11 is 0. The highest BCUT2D eigenvalue weighted by molar-refractivity contribution is 7.89. The van der Waals surface area contributed by atoms with Gasteiger partial charge < -0.3 is 9.67 Å². The largest absolute Gasteiger partial charge is 0.477 e. The molecule has 2 aromatic carbocycles. The zero-order chi connectivity index (χ0) is 20.3. The van der Waals surface area contributed by atoms with Crippen molar-refractivity contribution in [1.29, 1.82) is 5.26 Å². The minimum absolute atomic E-state index is 0.0296. The lowest BCUT2D eigenvalue weighted by Gasteiger charge is -2.10. The highest BCUT2D eigenvalue weighted by Gasteiger charge is 2.16. The van der Waals surface area contributed by atoms with Crippen LogP contribution in [0.25, 0.3) is 10.9 Å². The van der Waals surface area contributed by atoms with Crippen LogP contribution in [0.3, 0.4) is 0 Å². The molecule has 0 spiro atoms. The van der Waals surface area contributed by atoms with Crippen LogP contribution in [-0.4, -0.2) is 24.1 Å². The molecule has 144 valence electrons. The van der Waals surface area contributed by atoms with Crippen LogP contribution in [0.5, 0.6) is 0 Å². The number of rotatable bonds is 7. The fourth-order valence-corrected chi connectivity index (χ4v) is 4.12. The van der Waals surface area contributed by atoms with Gasteiger partial charge in [0, 0.05) is 17.4 Å². The predicted molar refractivity (Wildman–Crippen MR) is 103 cm³/mol. The second-order valence-corrected chi connectivity index (χ2v) is 7.85. The monoisotopic (exact) mass is 398 g/mol. The van der Waals surface area contributed by atoms with Gasteiger partial charge in [-0.2, -0.15) is 5.26 Å². The molecule has 3 aromatic rings. The molecule has 0 unspecified atom stereocenters. The molecule has 0 bridgehead atoms. The average Bonchev–Trinajstić information content (AvgIpc) is 3.00. The van der Waals surface area contributed by atoms with Gasteiger partial charge in [0.25, 0.3) is 10.0 Å². The number of hydrazine groups is 1. The maximum absolute atomic E-state index is 12.4. The van der Waals surface area contributed by atoms with Gasteiger partial charge in [-0.3, -0.25) is 0 Å². The zero-order valence-electron chi connectivity index (χ0n) is 15.0. The number of nitrogens with zero attached hydrogens (tertiary/aromatic N) is 2. The number of aromatic nitrogens is 1. The number of carboxylic acid groups (broad SMARTS) is 1. The Labute approximate surface area is 162 Å². The Balaban J connectivity index is 1.78. The first kappa shape index (κ1) is 19.6. The molecule has 28 heavy (non-hydrogen) atoms. The van der Waals surface area contributed by atoms with Crippen molar-refractivity contribution in [3.63, 3.8) is 0 Å². The Morgan fingerprint density at radius 1 is 1.21 bits per heavy atom. The lowest BCUT2D eigenvalue weighted by Crippen LogP contribution is -2.37. The Hall–Kier alpha value is -3.19. The number of carbonyl (C=O) groups is 1. The molecule has 0 saturated carbocycles. The summed E-state index contributed by atoms with van der Waals surface area (Å²) in [6, 6.07) is 15.3. The molecule has 3 rings (SSSR count). The van der Waals surface area contributed by atoms with Crippen molar-refractivity contribution in [1.82, 2.24) is 14.8 Å². The molecule has 3 N–H and O–H groups in total. The topological polar surface area (TPSA) is 124 Å². The third kappa shape index (κ3) is 3.89. The van der Waals surface area contributed by atoms with Crippen LogP contribution >= 0.6 is 0 Å². The summed E-state index contributed by atoms with van der Waals surface area (Å²) in [5, 5.41) is 18.9. The van der Waals surface area contributed by atoms with E-state index < -0.39 is 16.0 Å². The zero-order valence-corrected chi connectivity index (χ0v) is 15.8. The smallest absolute Gasteiger partial charge is 0.352 e. The third-order valence-electron chi connectivity index (χ3n) is 4.30. The highest BCUT2D eigenvalue weighted by Crippen LogP contribution is 2.22. The van der Waals surface area contributed by atoms with Crippen molar-refractivity contribution in [2.24, 2.45) is 0 Å². The van der Waals surface area contributed by atoms with E-state index in [9.17, 15) is 18.3 Å². The van der Waals surface area contributed by atoms with Crippen LogP contribution in [0.2, 0.25) is 0 Å². The normalized spacial score (nSPS) is 11.4. The van der Waals surface area contributed by atoms with Crippen molar-refractivity contribution in [3.8, 4) is 6.07 Å². The van der Waals surface area contributed by atoms with Gasteiger partial charge in [-0.05, 0) is 42.3 Å². The van der Waals surface area contributed by atoms with E-state index in [1.807, 2.05) is 6.07 Å². The van der Waals surface area contributed by atoms with E-state index in [1.54, 1.807) is 43.3 Å². The number of sulfonamides is 1. The molecule has 1 heterocycles. The number of aromatic carboxylic acids is 1. The maximum Gasteiger partial charge on any atom is 0.352 e. The first-order chi connectivity index (χ1) is 13.3. The van der Waals surface area contributed by atoms with Gasteiger partial charge in [0.2, 0.25) is 0 Å². The fourth-order valence-electron chi connectivity index (χ4n) is 2.99. The second kappa shape index (κ2) is 7.82. The summed E-state index contributed by atoms with van der Waals surface area (Å²) in [5.41, 5.74) is 4.74. The van der Waals surface area contributed by atoms with Crippen molar-refractivity contribution < 1.29 is 18.3 Å². The SMILES string of the molecule is Cc1ccccc1S(=O)(=O)NNCc1ccc2c(c1)cc(C(=O)O)n2CC#N. The molecule has 0 aliphatic heterocycles. The van der Waals surface area contributed by atoms with Gasteiger partial charge in [0.15, 0.2) is 0 Å². The maximum atomic E-state index is 12.4. The summed E-state index contributed by atoms with van der Waals surface area (Å²) in [6.07, 6.45) is 0. The van der Waals surface area contributed by atoms with E-state index in [0.29, 0.717) is 16.5 Å². The van der Waals surface area contributed by atoms with Gasteiger partial charge in [-0.25, -0.2) is 18.6 Å². The van der Waals surface area contributed by atoms with Crippen molar-refractivity contribution in [2.45, 2.75) is 24.9 Å². The van der Waals surface area contributed by atoms with E-state index in [4.69, 9.17) is 5.26 Å². The molecule has 8 nitrogen and oxygen atoms in total. The van der Waals surface area contributed by atoms with E-state index in [2.05, 4.69) is 10.3 Å². The van der Waals surface area contributed by atoms with Gasteiger partial charge in [-0.1, -0.05) is 24.3 Å². The third-order valence-corrected chi connectivity index (χ3v) is 5.75. The molecule has 0 radical (unpaired) electrons. The highest BCUT2D eigenvalue weighted by atomic mass is 32.2. The van der Waals surface area contributed by atoms with Crippen LogP contribution < -0.4 is 10.3 Å². The summed E-state index contributed by atoms with van der Waals surface area (Å²) in [4.78, 5) is 13.9. The average molecular weight is 398 g/mol. The first-order valence-electron chi connectivity index (χ1n) is 8.36. The molecule has 0 saturated heterocycles. The number of carboxylic acids is 1. The Kier molecular flexibility index (Phi) is 5.46. The summed E-state index contributed by atoms with van der Waals surface area (Å²) in [5.74, 6) is -1.11. The number of benzene rings is 2. The van der Waals surface area contributed by atoms with Crippen LogP contribution in [0.1, 0.15) is 21.6 Å². The lowest BCUT2D eigenvalue weighted by atomic mass is 10.1. The van der Waals surface area contributed by atoms with E-state index >= 15 is 0 Å². The molecular weight excluding hydrogens is 380 g/mol. The number of fused-ring (bicyclic) bond motifs is 1. The first-order valence-corrected chi connectivity index (χ1v) is 9.84. The van der Waals surface area contributed by atoms with Crippen LogP contribution in [0.15, 0.2) is 53.4 Å². The molecule has 0 aliphatic carbocycles. The number of aryl methyl sites for hydroxylation is 1. The minimum Gasteiger partial charge on any atom is -0.477 e. The molecule has 1 aromatic heterocycles. The molecular formula is C19H18N4O4S. The summed E-state index contributed by atoms with van der Waals surface area (Å²) < 4.78 is 26.2. The standard InChI is InChI=1S/C19H18N4O4S/c1-13-4-2-3-5-18(13)28(26,27)22-21-12-14-6-7-16-15(10-14)11-17(19(24)25)23(16)9-8-20/h2-7,10-11,21-22H,9,12H2,1H3,(H,24,25). The van der Waals surface area contributed by atoms with Gasteiger partial charge in [0.1, 0.15) is 12.2 Å². The van der Waals surface area contributed by atoms with Gasteiger partial charge >= 0.3 is 5.97 Å². The van der Waals surface area contributed by atoms with Crippen molar-refractivity contribution >= 4 is 26.9 Å². The van der Waals surface area contributed by atoms with E-state index in [-0.39, 0.29) is 23.7 Å². The van der Waals surface area contributed by atoms with Crippen molar-refractivity contribution in [2.75, 3.05) is 0 Å². The quantitative estimate of drug-likeness (QED) is 0.524. The number of nitriles is 1. The number of hydrogen-bond acceptors (Lipinski definition) is 5. The summed E-state index contributed by atoms with van der Waals surface area (Å²) in [7, 11) is -3.70. The lowest BCUT2D eigenvalue weighted by molar-refractivity contribution is 0.0686. The summed E-state index contributed by atoms with van der Waals surface area (Å²) in [6.45, 7) is 1.85. The predicted octanol–water partition coefficient (Wildman–Crippen LogP) is 2.15. The van der Waals surface area contributed by atoms with Crippen molar-refractivity contribution in [3.05, 3.63) is 65.4 Å². The fraction of sp³-hybridized carbons (Fsp3) is 0.158. The molecule has 0 fully saturated rings. The number of hydrogen-bond donors (Lipinski definition) is 3. The number of nitrogens with one attached hydrogen (secondary N) is 2. The van der Waals surface area contributed by atoms with E-state index in [1.165, 1.54) is 16.7 Å². The Bertz CT molecular complexity index is 1190.